The average Bonchev–Trinajstić information content (AvgIpc) is 2.78. The van der Waals surface area contributed by atoms with Crippen molar-refractivity contribution in [1.82, 2.24) is 10.7 Å². The molecule has 0 heterocycles. The molecule has 0 aliphatic carbocycles. The Morgan fingerprint density at radius 3 is 2.48 bits per heavy atom. The Bertz CT molecular complexity index is 882. The molecule has 166 valence electrons. The van der Waals surface area contributed by atoms with Crippen LogP contribution in [0.1, 0.15) is 49.5 Å². The second-order valence-electron chi connectivity index (χ2n) is 7.41. The molecule has 2 amide bonds. The number of carbonyl (C=O) groups is 2. The smallest absolute Gasteiger partial charge is 0.262 e. The maximum atomic E-state index is 12.6. The highest BCUT2D eigenvalue weighted by atomic mass is 16.5. The highest BCUT2D eigenvalue weighted by Gasteiger charge is 2.24. The van der Waals surface area contributed by atoms with Gasteiger partial charge in [0.1, 0.15) is 6.04 Å². The number of benzene rings is 2. The molecule has 0 saturated carbocycles. The van der Waals surface area contributed by atoms with Crippen LogP contribution >= 0.6 is 0 Å². The second kappa shape index (κ2) is 12.4. The minimum atomic E-state index is -0.714. The van der Waals surface area contributed by atoms with E-state index >= 15 is 0 Å². The van der Waals surface area contributed by atoms with Gasteiger partial charge in [0.05, 0.1) is 19.9 Å². The Hall–Kier alpha value is -3.35. The van der Waals surface area contributed by atoms with Crippen molar-refractivity contribution in [2.75, 3.05) is 13.7 Å². The van der Waals surface area contributed by atoms with E-state index in [9.17, 15) is 9.59 Å². The molecule has 0 saturated heterocycles. The van der Waals surface area contributed by atoms with Crippen molar-refractivity contribution in [2.45, 2.75) is 39.7 Å². The topological polar surface area (TPSA) is 89.0 Å². The molecule has 2 aromatic rings. The fraction of sp³-hybridized carbons (Fsp3) is 0.375. The maximum absolute atomic E-state index is 12.6. The van der Waals surface area contributed by atoms with Crippen LogP contribution in [0.5, 0.6) is 11.5 Å². The van der Waals surface area contributed by atoms with Crippen LogP contribution in [0.25, 0.3) is 0 Å². The predicted octanol–water partition coefficient (Wildman–Crippen LogP) is 3.78. The van der Waals surface area contributed by atoms with E-state index < -0.39 is 6.04 Å². The number of ether oxygens (including phenoxy) is 2. The summed E-state index contributed by atoms with van der Waals surface area (Å²) in [5, 5.41) is 6.80. The lowest BCUT2D eigenvalue weighted by atomic mass is 10.0. The zero-order valence-electron chi connectivity index (χ0n) is 18.6. The van der Waals surface area contributed by atoms with Gasteiger partial charge in [-0.1, -0.05) is 45.4 Å². The third kappa shape index (κ3) is 7.44. The Labute approximate surface area is 183 Å². The second-order valence-corrected chi connectivity index (χ2v) is 7.41. The summed E-state index contributed by atoms with van der Waals surface area (Å²) in [6.07, 6.45) is 3.54. The van der Waals surface area contributed by atoms with E-state index in [1.165, 1.54) is 6.21 Å². The van der Waals surface area contributed by atoms with E-state index in [1.54, 1.807) is 37.4 Å². The number of carbonyl (C=O) groups excluding carboxylic acids is 2. The van der Waals surface area contributed by atoms with Crippen LogP contribution in [0.15, 0.2) is 53.6 Å². The summed E-state index contributed by atoms with van der Waals surface area (Å²) in [7, 11) is 1.58. The lowest BCUT2D eigenvalue weighted by molar-refractivity contribution is -0.123. The Morgan fingerprint density at radius 1 is 1.10 bits per heavy atom. The molecule has 0 spiro atoms. The van der Waals surface area contributed by atoms with Gasteiger partial charge in [0, 0.05) is 5.56 Å². The van der Waals surface area contributed by atoms with Crippen LogP contribution in [0.4, 0.5) is 0 Å². The van der Waals surface area contributed by atoms with Gasteiger partial charge in [0.15, 0.2) is 11.5 Å². The van der Waals surface area contributed by atoms with Crippen LogP contribution in [0.2, 0.25) is 0 Å². The minimum absolute atomic E-state index is 0.109. The molecule has 2 N–H and O–H groups in total. The van der Waals surface area contributed by atoms with E-state index in [0.29, 0.717) is 23.7 Å². The molecule has 0 aliphatic rings. The van der Waals surface area contributed by atoms with Crippen molar-refractivity contribution in [2.24, 2.45) is 11.0 Å². The van der Waals surface area contributed by atoms with E-state index in [2.05, 4.69) is 22.8 Å². The number of rotatable bonds is 11. The van der Waals surface area contributed by atoms with Gasteiger partial charge in [-0.2, -0.15) is 5.10 Å². The SMILES string of the molecule is CCCCOc1ccc(C=NNC(=O)C(NC(=O)c2ccccc2)C(C)C)cc1OC. The van der Waals surface area contributed by atoms with Crippen molar-refractivity contribution < 1.29 is 19.1 Å². The van der Waals surface area contributed by atoms with E-state index in [4.69, 9.17) is 9.47 Å². The maximum Gasteiger partial charge on any atom is 0.262 e. The normalized spacial score (nSPS) is 11.9. The summed E-state index contributed by atoms with van der Waals surface area (Å²) in [6, 6.07) is 13.5. The molecule has 0 aliphatic heterocycles. The molecule has 31 heavy (non-hydrogen) atoms. The van der Waals surface area contributed by atoms with Gasteiger partial charge < -0.3 is 14.8 Å². The lowest BCUT2D eigenvalue weighted by Gasteiger charge is -2.20. The Kier molecular flexibility index (Phi) is 9.55. The van der Waals surface area contributed by atoms with Gasteiger partial charge in [0.2, 0.25) is 0 Å². The summed E-state index contributed by atoms with van der Waals surface area (Å²) in [4.78, 5) is 25.0. The van der Waals surface area contributed by atoms with Crippen molar-refractivity contribution >= 4 is 18.0 Å². The van der Waals surface area contributed by atoms with Crippen LogP contribution in [0.3, 0.4) is 0 Å². The van der Waals surface area contributed by atoms with E-state index in [0.717, 1.165) is 18.4 Å². The summed E-state index contributed by atoms with van der Waals surface area (Å²) in [6.45, 7) is 6.45. The van der Waals surface area contributed by atoms with Gasteiger partial charge in [0.25, 0.3) is 11.8 Å². The van der Waals surface area contributed by atoms with Crippen LogP contribution in [-0.2, 0) is 4.79 Å². The molecule has 0 radical (unpaired) electrons. The van der Waals surface area contributed by atoms with Crippen molar-refractivity contribution in [3.8, 4) is 11.5 Å². The van der Waals surface area contributed by atoms with Crippen LogP contribution in [0, 0.1) is 5.92 Å². The number of hydrogen-bond acceptors (Lipinski definition) is 5. The van der Waals surface area contributed by atoms with Gasteiger partial charge >= 0.3 is 0 Å². The fourth-order valence-corrected chi connectivity index (χ4v) is 2.80. The fourth-order valence-electron chi connectivity index (χ4n) is 2.80. The monoisotopic (exact) mass is 425 g/mol. The van der Waals surface area contributed by atoms with Crippen molar-refractivity contribution in [3.63, 3.8) is 0 Å². The molecule has 7 nitrogen and oxygen atoms in total. The van der Waals surface area contributed by atoms with Crippen LogP contribution < -0.4 is 20.2 Å². The first-order valence-corrected chi connectivity index (χ1v) is 10.5. The zero-order chi connectivity index (χ0) is 22.6. The number of hydrogen-bond donors (Lipinski definition) is 2. The Balaban J connectivity index is 1.99. The van der Waals surface area contributed by atoms with Crippen molar-refractivity contribution in [1.29, 1.82) is 0 Å². The first-order chi connectivity index (χ1) is 15.0. The highest BCUT2D eigenvalue weighted by Crippen LogP contribution is 2.27. The molecule has 0 bridgehead atoms. The Morgan fingerprint density at radius 2 is 1.84 bits per heavy atom. The standard InChI is InChI=1S/C24H31N3O4/c1-5-6-14-31-20-13-12-18(15-21(20)30-4)16-25-27-24(29)22(17(2)3)26-23(28)19-10-8-7-9-11-19/h7-13,15-17,22H,5-6,14H2,1-4H3,(H,26,28)(H,27,29). The third-order valence-corrected chi connectivity index (χ3v) is 4.60. The predicted molar refractivity (Wildman–Crippen MR) is 122 cm³/mol. The molecular formula is C24H31N3O4. The summed E-state index contributed by atoms with van der Waals surface area (Å²) in [5.41, 5.74) is 3.75. The number of unbranched alkanes of at least 4 members (excludes halogenated alkanes) is 1. The highest BCUT2D eigenvalue weighted by molar-refractivity contribution is 5.97. The van der Waals surface area contributed by atoms with E-state index in [1.807, 2.05) is 32.0 Å². The zero-order valence-corrected chi connectivity index (χ0v) is 18.6. The van der Waals surface area contributed by atoms with Crippen LogP contribution in [-0.4, -0.2) is 37.8 Å². The lowest BCUT2D eigenvalue weighted by Crippen LogP contribution is -2.48. The molecule has 1 unspecified atom stereocenters. The molecule has 2 aromatic carbocycles. The number of methoxy groups -OCH3 is 1. The minimum Gasteiger partial charge on any atom is -0.493 e. The molecule has 0 aromatic heterocycles. The van der Waals surface area contributed by atoms with E-state index in [-0.39, 0.29) is 17.7 Å². The molecular weight excluding hydrogens is 394 g/mol. The molecule has 2 rings (SSSR count). The third-order valence-electron chi connectivity index (χ3n) is 4.60. The van der Waals surface area contributed by atoms with Crippen molar-refractivity contribution in [3.05, 3.63) is 59.7 Å². The summed E-state index contributed by atoms with van der Waals surface area (Å²) in [5.74, 6) is 0.466. The first-order valence-electron chi connectivity index (χ1n) is 10.5. The summed E-state index contributed by atoms with van der Waals surface area (Å²) < 4.78 is 11.1. The van der Waals surface area contributed by atoms with Gasteiger partial charge in [-0.15, -0.1) is 0 Å². The first kappa shape index (κ1) is 23.9. The quantitative estimate of drug-likeness (QED) is 0.326. The molecule has 0 fully saturated rings. The molecule has 7 heteroatoms. The summed E-state index contributed by atoms with van der Waals surface area (Å²) >= 11 is 0. The molecule has 1 atom stereocenters. The van der Waals surface area contributed by atoms with Gasteiger partial charge in [-0.3, -0.25) is 9.59 Å². The van der Waals surface area contributed by atoms with Gasteiger partial charge in [-0.05, 0) is 48.2 Å². The number of amides is 2. The average molecular weight is 426 g/mol. The number of nitrogens with one attached hydrogen (secondary N) is 2. The number of hydrazone groups is 1. The van der Waals surface area contributed by atoms with Gasteiger partial charge in [-0.25, -0.2) is 5.43 Å². The largest absolute Gasteiger partial charge is 0.493 e. The number of nitrogens with zero attached hydrogens (tertiary/aromatic N) is 1.